The molecule has 15 heavy (non-hydrogen) atoms. The lowest BCUT2D eigenvalue weighted by Gasteiger charge is -2.07. The van der Waals surface area contributed by atoms with E-state index in [9.17, 15) is 0 Å². The molecule has 0 spiro atoms. The molecule has 1 heteroatoms. The first kappa shape index (κ1) is 14.5. The van der Waals surface area contributed by atoms with Gasteiger partial charge >= 0.3 is 0 Å². The minimum Gasteiger partial charge on any atom is -0.389 e. The normalized spacial score (nSPS) is 10.3. The zero-order chi connectivity index (χ0) is 11.4. The van der Waals surface area contributed by atoms with Crippen molar-refractivity contribution in [2.24, 2.45) is 0 Å². The van der Waals surface area contributed by atoms with Crippen molar-refractivity contribution in [1.82, 2.24) is 5.32 Å². The molecule has 0 heterocycles. The van der Waals surface area contributed by atoms with Gasteiger partial charge in [0.2, 0.25) is 0 Å². The van der Waals surface area contributed by atoms with Crippen molar-refractivity contribution >= 4 is 0 Å². The van der Waals surface area contributed by atoms with Gasteiger partial charge in [-0.1, -0.05) is 65.4 Å². The molecular formula is C14H29N. The average molecular weight is 211 g/mol. The van der Waals surface area contributed by atoms with E-state index in [4.69, 9.17) is 0 Å². The molecule has 0 aromatic heterocycles. The van der Waals surface area contributed by atoms with Crippen LogP contribution in [0.2, 0.25) is 0 Å². The molecule has 0 radical (unpaired) electrons. The third kappa shape index (κ3) is 11.5. The Balaban J connectivity index is 3.01. The molecular weight excluding hydrogens is 182 g/mol. The number of unbranched alkanes of at least 4 members (excludes halogenated alkanes) is 6. The lowest BCUT2D eigenvalue weighted by molar-refractivity contribution is 0.575. The molecule has 0 rings (SSSR count). The van der Waals surface area contributed by atoms with Crippen molar-refractivity contribution in [3.8, 4) is 0 Å². The molecule has 0 aromatic carbocycles. The molecule has 0 atom stereocenters. The van der Waals surface area contributed by atoms with Gasteiger partial charge in [0.15, 0.2) is 0 Å². The number of nitrogens with one attached hydrogen (secondary N) is 1. The van der Waals surface area contributed by atoms with Gasteiger partial charge in [0.1, 0.15) is 0 Å². The first-order valence-electron chi connectivity index (χ1n) is 6.72. The second kappa shape index (κ2) is 11.6. The maximum absolute atomic E-state index is 3.99. The predicted octanol–water partition coefficient (Wildman–Crippen LogP) is 4.64. The van der Waals surface area contributed by atoms with Crippen LogP contribution in [0.15, 0.2) is 12.3 Å². The molecule has 90 valence electrons. The van der Waals surface area contributed by atoms with Crippen molar-refractivity contribution in [1.29, 1.82) is 0 Å². The van der Waals surface area contributed by atoms with Crippen LogP contribution >= 0.6 is 0 Å². The van der Waals surface area contributed by atoms with Gasteiger partial charge in [-0.3, -0.25) is 0 Å². The highest BCUT2D eigenvalue weighted by atomic mass is 14.9. The van der Waals surface area contributed by atoms with Crippen molar-refractivity contribution in [3.05, 3.63) is 12.3 Å². The van der Waals surface area contributed by atoms with Crippen molar-refractivity contribution in [2.45, 2.75) is 71.6 Å². The Morgan fingerprint density at radius 2 is 1.47 bits per heavy atom. The number of allylic oxidation sites excluding steroid dienone is 1. The van der Waals surface area contributed by atoms with Crippen molar-refractivity contribution in [2.75, 3.05) is 6.54 Å². The van der Waals surface area contributed by atoms with Crippen molar-refractivity contribution in [3.63, 3.8) is 0 Å². The fourth-order valence-corrected chi connectivity index (χ4v) is 1.74. The summed E-state index contributed by atoms with van der Waals surface area (Å²) in [6.07, 6.45) is 12.0. The molecule has 0 bridgehead atoms. The van der Waals surface area contributed by atoms with E-state index in [2.05, 4.69) is 25.7 Å². The maximum Gasteiger partial charge on any atom is 0.0143 e. The SMILES string of the molecule is C=C(CCC)NCCCCCCCCC. The number of rotatable bonds is 11. The van der Waals surface area contributed by atoms with Gasteiger partial charge in [-0.2, -0.15) is 0 Å². The molecule has 0 amide bonds. The van der Waals surface area contributed by atoms with Gasteiger partial charge in [0, 0.05) is 12.2 Å². The molecule has 0 aliphatic heterocycles. The van der Waals surface area contributed by atoms with E-state index in [1.807, 2.05) is 0 Å². The summed E-state index contributed by atoms with van der Waals surface area (Å²) >= 11 is 0. The highest BCUT2D eigenvalue weighted by Crippen LogP contribution is 2.06. The quantitative estimate of drug-likeness (QED) is 0.491. The van der Waals surface area contributed by atoms with E-state index in [0.29, 0.717) is 0 Å². The first-order valence-corrected chi connectivity index (χ1v) is 6.72. The van der Waals surface area contributed by atoms with Crippen LogP contribution in [0, 0.1) is 0 Å². The van der Waals surface area contributed by atoms with E-state index in [-0.39, 0.29) is 0 Å². The van der Waals surface area contributed by atoms with Crippen LogP contribution < -0.4 is 5.32 Å². The zero-order valence-corrected chi connectivity index (χ0v) is 10.8. The van der Waals surface area contributed by atoms with Crippen molar-refractivity contribution < 1.29 is 0 Å². The summed E-state index contributed by atoms with van der Waals surface area (Å²) in [5.74, 6) is 0. The molecule has 0 unspecified atom stereocenters. The molecule has 0 saturated heterocycles. The highest BCUT2D eigenvalue weighted by Gasteiger charge is 1.92. The second-order valence-electron chi connectivity index (χ2n) is 4.40. The molecule has 0 saturated carbocycles. The third-order valence-corrected chi connectivity index (χ3v) is 2.71. The minimum absolute atomic E-state index is 1.12. The Kier molecular flexibility index (Phi) is 11.3. The molecule has 0 aliphatic carbocycles. The Morgan fingerprint density at radius 3 is 2.07 bits per heavy atom. The largest absolute Gasteiger partial charge is 0.389 e. The monoisotopic (exact) mass is 211 g/mol. The lowest BCUT2D eigenvalue weighted by Crippen LogP contribution is -2.13. The predicted molar refractivity (Wildman–Crippen MR) is 70.0 cm³/mol. The molecule has 0 aromatic rings. The Morgan fingerprint density at radius 1 is 0.867 bits per heavy atom. The fraction of sp³-hybridized carbons (Fsp3) is 0.857. The van der Waals surface area contributed by atoms with Crippen LogP contribution in [-0.4, -0.2) is 6.54 Å². The second-order valence-corrected chi connectivity index (χ2v) is 4.40. The van der Waals surface area contributed by atoms with E-state index in [0.717, 1.165) is 13.0 Å². The topological polar surface area (TPSA) is 12.0 Å². The smallest absolute Gasteiger partial charge is 0.0143 e. The summed E-state index contributed by atoms with van der Waals surface area (Å²) in [6.45, 7) is 9.57. The first-order chi connectivity index (χ1) is 7.31. The minimum atomic E-state index is 1.12. The zero-order valence-electron chi connectivity index (χ0n) is 10.8. The Hall–Kier alpha value is -0.460. The molecule has 0 fully saturated rings. The summed E-state index contributed by atoms with van der Waals surface area (Å²) in [6, 6.07) is 0. The van der Waals surface area contributed by atoms with E-state index >= 15 is 0 Å². The Labute approximate surface area is 96.3 Å². The van der Waals surface area contributed by atoms with E-state index in [1.54, 1.807) is 0 Å². The standard InChI is InChI=1S/C14H29N/c1-4-6-7-8-9-10-11-13-15-14(3)12-5-2/h15H,3-13H2,1-2H3. The Bertz CT molecular complexity index is 140. The maximum atomic E-state index is 3.99. The molecule has 1 N–H and O–H groups in total. The molecule has 1 nitrogen and oxygen atoms in total. The highest BCUT2D eigenvalue weighted by molar-refractivity contribution is 4.89. The van der Waals surface area contributed by atoms with Gasteiger partial charge in [-0.05, 0) is 12.8 Å². The van der Waals surface area contributed by atoms with Gasteiger partial charge in [-0.25, -0.2) is 0 Å². The van der Waals surface area contributed by atoms with E-state index in [1.165, 1.54) is 57.1 Å². The van der Waals surface area contributed by atoms with Crippen LogP contribution in [0.25, 0.3) is 0 Å². The van der Waals surface area contributed by atoms with Crippen LogP contribution in [0.1, 0.15) is 71.6 Å². The summed E-state index contributed by atoms with van der Waals surface area (Å²) in [5.41, 5.74) is 1.21. The summed E-state index contributed by atoms with van der Waals surface area (Å²) in [4.78, 5) is 0. The van der Waals surface area contributed by atoms with Gasteiger partial charge in [-0.15, -0.1) is 0 Å². The average Bonchev–Trinajstić information content (AvgIpc) is 2.22. The molecule has 0 aliphatic rings. The van der Waals surface area contributed by atoms with Crippen LogP contribution in [0.3, 0.4) is 0 Å². The number of hydrogen-bond acceptors (Lipinski definition) is 1. The summed E-state index contributed by atoms with van der Waals surface area (Å²) in [7, 11) is 0. The van der Waals surface area contributed by atoms with Crippen LogP contribution in [0.4, 0.5) is 0 Å². The fourth-order valence-electron chi connectivity index (χ4n) is 1.74. The lowest BCUT2D eigenvalue weighted by atomic mass is 10.1. The van der Waals surface area contributed by atoms with Gasteiger partial charge in [0.25, 0.3) is 0 Å². The van der Waals surface area contributed by atoms with Crippen LogP contribution in [-0.2, 0) is 0 Å². The van der Waals surface area contributed by atoms with E-state index < -0.39 is 0 Å². The van der Waals surface area contributed by atoms with Gasteiger partial charge in [0.05, 0.1) is 0 Å². The van der Waals surface area contributed by atoms with Crippen LogP contribution in [0.5, 0.6) is 0 Å². The van der Waals surface area contributed by atoms with Gasteiger partial charge < -0.3 is 5.32 Å². The summed E-state index contributed by atoms with van der Waals surface area (Å²) < 4.78 is 0. The third-order valence-electron chi connectivity index (χ3n) is 2.71. The number of hydrogen-bond donors (Lipinski definition) is 1. The summed E-state index contributed by atoms with van der Waals surface area (Å²) in [5, 5.41) is 3.39.